The average molecular weight is 312 g/mol. The number of hydrogen-bond donors (Lipinski definition) is 2. The molecule has 2 N–H and O–H groups in total. The van der Waals surface area contributed by atoms with Crippen molar-refractivity contribution < 1.29 is 9.72 Å². The van der Waals surface area contributed by atoms with Gasteiger partial charge in [0.05, 0.1) is 17.2 Å². The van der Waals surface area contributed by atoms with Gasteiger partial charge < -0.3 is 10.6 Å². The second-order valence-electron chi connectivity index (χ2n) is 5.41. The van der Waals surface area contributed by atoms with Gasteiger partial charge >= 0.3 is 0 Å². The Bertz CT molecular complexity index is 729. The van der Waals surface area contributed by atoms with Crippen molar-refractivity contribution in [2.24, 2.45) is 0 Å². The molecule has 1 aliphatic carbocycles. The Hall–Kier alpha value is -2.96. The molecule has 1 saturated carbocycles. The monoisotopic (exact) mass is 312 g/mol. The van der Waals surface area contributed by atoms with Gasteiger partial charge in [-0.2, -0.15) is 0 Å². The van der Waals surface area contributed by atoms with Crippen LogP contribution in [0.15, 0.2) is 42.6 Å². The molecular formula is C16H16N4O3. The number of nitrogens with zero attached hydrogens (tertiary/aromatic N) is 2. The van der Waals surface area contributed by atoms with Crippen LogP contribution >= 0.6 is 0 Å². The van der Waals surface area contributed by atoms with Crippen molar-refractivity contribution in [2.75, 3.05) is 5.32 Å². The lowest BCUT2D eigenvalue weighted by Gasteiger charge is -2.08. The molecule has 7 heteroatoms. The largest absolute Gasteiger partial charge is 0.377 e. The summed E-state index contributed by atoms with van der Waals surface area (Å²) in [6, 6.07) is 10.2. The smallest absolute Gasteiger partial charge is 0.293 e. The fourth-order valence-electron chi connectivity index (χ4n) is 2.17. The number of nitro benzene ring substituents is 1. The predicted molar refractivity (Wildman–Crippen MR) is 85.1 cm³/mol. The van der Waals surface area contributed by atoms with E-state index in [1.807, 2.05) is 6.07 Å². The third-order valence-electron chi connectivity index (χ3n) is 3.55. The number of pyridine rings is 1. The minimum absolute atomic E-state index is 0.0811. The van der Waals surface area contributed by atoms with Gasteiger partial charge in [-0.3, -0.25) is 19.9 Å². The van der Waals surface area contributed by atoms with E-state index in [0.717, 1.165) is 18.5 Å². The first-order valence-electron chi connectivity index (χ1n) is 7.36. The third kappa shape index (κ3) is 3.82. The Morgan fingerprint density at radius 3 is 2.78 bits per heavy atom. The van der Waals surface area contributed by atoms with Crippen LogP contribution in [0.1, 0.15) is 28.9 Å². The van der Waals surface area contributed by atoms with Crippen LogP contribution < -0.4 is 10.6 Å². The molecule has 0 radical (unpaired) electrons. The van der Waals surface area contributed by atoms with E-state index < -0.39 is 4.92 Å². The molecule has 1 aliphatic rings. The zero-order valence-corrected chi connectivity index (χ0v) is 12.4. The van der Waals surface area contributed by atoms with Gasteiger partial charge in [-0.25, -0.2) is 0 Å². The van der Waals surface area contributed by atoms with Crippen LogP contribution in [0.25, 0.3) is 0 Å². The van der Waals surface area contributed by atoms with Gasteiger partial charge in [-0.15, -0.1) is 0 Å². The first kappa shape index (κ1) is 15.0. The average Bonchev–Trinajstić information content (AvgIpc) is 3.37. The maximum Gasteiger partial charge on any atom is 0.293 e. The minimum Gasteiger partial charge on any atom is -0.377 e. The van der Waals surface area contributed by atoms with E-state index >= 15 is 0 Å². The highest BCUT2D eigenvalue weighted by atomic mass is 16.6. The van der Waals surface area contributed by atoms with Gasteiger partial charge in [0.2, 0.25) is 0 Å². The number of benzene rings is 1. The number of rotatable bonds is 6. The molecule has 1 aromatic heterocycles. The van der Waals surface area contributed by atoms with E-state index in [2.05, 4.69) is 15.6 Å². The summed E-state index contributed by atoms with van der Waals surface area (Å²) >= 11 is 0. The summed E-state index contributed by atoms with van der Waals surface area (Å²) in [5.74, 6) is -0.364. The third-order valence-corrected chi connectivity index (χ3v) is 3.55. The highest BCUT2D eigenvalue weighted by Gasteiger charge is 2.25. The van der Waals surface area contributed by atoms with Crippen molar-refractivity contribution >= 4 is 17.3 Å². The lowest BCUT2D eigenvalue weighted by Crippen LogP contribution is -2.23. The van der Waals surface area contributed by atoms with Crippen LogP contribution in [0.5, 0.6) is 0 Å². The molecule has 0 bridgehead atoms. The SMILES string of the molecule is O=C(NCc1ccccn1)c1ccc(NC2CC2)c([N+](=O)[O-])c1. The summed E-state index contributed by atoms with van der Waals surface area (Å²) in [6.07, 6.45) is 3.68. The van der Waals surface area contributed by atoms with Crippen LogP contribution in [0.3, 0.4) is 0 Å². The number of hydrogen-bond acceptors (Lipinski definition) is 5. The second-order valence-corrected chi connectivity index (χ2v) is 5.41. The number of carbonyl (C=O) groups excluding carboxylic acids is 1. The van der Waals surface area contributed by atoms with E-state index in [1.54, 1.807) is 30.5 Å². The molecular weight excluding hydrogens is 296 g/mol. The van der Waals surface area contributed by atoms with Crippen molar-refractivity contribution in [1.29, 1.82) is 0 Å². The molecule has 1 amide bonds. The molecule has 1 aromatic carbocycles. The Morgan fingerprint density at radius 2 is 2.13 bits per heavy atom. The molecule has 1 fully saturated rings. The van der Waals surface area contributed by atoms with Crippen molar-refractivity contribution in [2.45, 2.75) is 25.4 Å². The normalized spacial score (nSPS) is 13.4. The number of aromatic nitrogens is 1. The Morgan fingerprint density at radius 1 is 1.30 bits per heavy atom. The second kappa shape index (κ2) is 6.43. The van der Waals surface area contributed by atoms with Crippen LogP contribution in [0, 0.1) is 10.1 Å². The van der Waals surface area contributed by atoms with E-state index in [-0.39, 0.29) is 23.7 Å². The Balaban J connectivity index is 1.72. The number of amides is 1. The molecule has 0 aliphatic heterocycles. The summed E-state index contributed by atoms with van der Waals surface area (Å²) in [5.41, 5.74) is 1.36. The van der Waals surface area contributed by atoms with Gasteiger partial charge in [-0.05, 0) is 37.1 Å². The summed E-state index contributed by atoms with van der Waals surface area (Å²) in [6.45, 7) is 0.273. The van der Waals surface area contributed by atoms with Crippen molar-refractivity contribution in [3.63, 3.8) is 0 Å². The van der Waals surface area contributed by atoms with Gasteiger partial charge in [0.1, 0.15) is 5.69 Å². The topological polar surface area (TPSA) is 97.2 Å². The van der Waals surface area contributed by atoms with Gasteiger partial charge in [-0.1, -0.05) is 6.07 Å². The van der Waals surface area contributed by atoms with Crippen molar-refractivity contribution in [3.8, 4) is 0 Å². The highest BCUT2D eigenvalue weighted by Crippen LogP contribution is 2.31. The maximum absolute atomic E-state index is 12.2. The lowest BCUT2D eigenvalue weighted by atomic mass is 10.1. The maximum atomic E-state index is 12.2. The van der Waals surface area contributed by atoms with Gasteiger partial charge in [0, 0.05) is 23.9 Å². The lowest BCUT2D eigenvalue weighted by molar-refractivity contribution is -0.384. The zero-order valence-electron chi connectivity index (χ0n) is 12.4. The number of anilines is 1. The predicted octanol–water partition coefficient (Wildman–Crippen LogP) is 2.49. The van der Waals surface area contributed by atoms with Crippen molar-refractivity contribution in [1.82, 2.24) is 10.3 Å². The molecule has 118 valence electrons. The van der Waals surface area contributed by atoms with Crippen molar-refractivity contribution in [3.05, 3.63) is 64.0 Å². The molecule has 0 saturated heterocycles. The number of carbonyl (C=O) groups is 1. The molecule has 7 nitrogen and oxygen atoms in total. The Labute approximate surface area is 132 Å². The van der Waals surface area contributed by atoms with Gasteiger partial charge in [0.25, 0.3) is 11.6 Å². The summed E-state index contributed by atoms with van der Waals surface area (Å²) in [7, 11) is 0. The van der Waals surface area contributed by atoms with Crippen LogP contribution in [0.4, 0.5) is 11.4 Å². The standard InChI is InChI=1S/C16H16N4O3/c21-16(18-10-13-3-1-2-8-17-13)11-4-7-14(19-12-5-6-12)15(9-11)20(22)23/h1-4,7-9,12,19H,5-6,10H2,(H,18,21). The number of nitrogens with one attached hydrogen (secondary N) is 2. The van der Waals surface area contributed by atoms with Crippen LogP contribution in [-0.2, 0) is 6.54 Å². The van der Waals surface area contributed by atoms with E-state index in [4.69, 9.17) is 0 Å². The Kier molecular flexibility index (Phi) is 4.18. The van der Waals surface area contributed by atoms with E-state index in [1.165, 1.54) is 6.07 Å². The molecule has 0 unspecified atom stereocenters. The molecule has 1 heterocycles. The van der Waals surface area contributed by atoms with Crippen LogP contribution in [0.2, 0.25) is 0 Å². The molecule has 0 atom stereocenters. The minimum atomic E-state index is -0.472. The van der Waals surface area contributed by atoms with Gasteiger partial charge in [0.15, 0.2) is 0 Å². The first-order chi connectivity index (χ1) is 11.1. The summed E-state index contributed by atoms with van der Waals surface area (Å²) in [4.78, 5) is 27.0. The molecule has 0 spiro atoms. The zero-order chi connectivity index (χ0) is 16.2. The fraction of sp³-hybridized carbons (Fsp3) is 0.250. The van der Waals surface area contributed by atoms with E-state index in [0.29, 0.717) is 11.7 Å². The van der Waals surface area contributed by atoms with Crippen LogP contribution in [-0.4, -0.2) is 21.9 Å². The quantitative estimate of drug-likeness (QED) is 0.631. The summed E-state index contributed by atoms with van der Waals surface area (Å²) < 4.78 is 0. The fourth-order valence-corrected chi connectivity index (χ4v) is 2.17. The molecule has 3 rings (SSSR count). The summed E-state index contributed by atoms with van der Waals surface area (Å²) in [5, 5.41) is 17.0. The molecule has 2 aromatic rings. The number of nitro groups is 1. The first-order valence-corrected chi connectivity index (χ1v) is 7.36. The highest BCUT2D eigenvalue weighted by molar-refractivity contribution is 5.95. The van der Waals surface area contributed by atoms with E-state index in [9.17, 15) is 14.9 Å². The molecule has 23 heavy (non-hydrogen) atoms.